The summed E-state index contributed by atoms with van der Waals surface area (Å²) in [5.74, 6) is 0. The van der Waals surface area contributed by atoms with Gasteiger partial charge in [-0.25, -0.2) is 0 Å². The lowest BCUT2D eigenvalue weighted by Gasteiger charge is -2.42. The van der Waals surface area contributed by atoms with Gasteiger partial charge in [-0.3, -0.25) is 4.90 Å². The van der Waals surface area contributed by atoms with Crippen LogP contribution in [0.5, 0.6) is 0 Å². The van der Waals surface area contributed by atoms with Crippen LogP contribution in [0.1, 0.15) is 26.7 Å². The van der Waals surface area contributed by atoms with Gasteiger partial charge in [-0.1, -0.05) is 0 Å². The fourth-order valence-electron chi connectivity index (χ4n) is 1.81. The first-order chi connectivity index (χ1) is 6.10. The van der Waals surface area contributed by atoms with E-state index in [4.69, 9.17) is 5.73 Å². The van der Waals surface area contributed by atoms with E-state index in [1.807, 2.05) is 11.8 Å². The fraction of sp³-hybridized carbons (Fsp3) is 1.00. The van der Waals surface area contributed by atoms with Crippen molar-refractivity contribution in [1.82, 2.24) is 4.90 Å². The van der Waals surface area contributed by atoms with E-state index in [-0.39, 0.29) is 5.54 Å². The monoisotopic (exact) mass is 202 g/mol. The van der Waals surface area contributed by atoms with E-state index in [0.717, 1.165) is 11.8 Å². The topological polar surface area (TPSA) is 29.3 Å². The molecule has 1 unspecified atom stereocenters. The van der Waals surface area contributed by atoms with Gasteiger partial charge in [0.15, 0.2) is 0 Å². The minimum atomic E-state index is 0.189. The normalized spacial score (nSPS) is 26.3. The number of hydrogen-bond donors (Lipinski definition) is 1. The molecule has 0 aromatic rings. The zero-order valence-electron chi connectivity index (χ0n) is 9.05. The van der Waals surface area contributed by atoms with E-state index in [1.54, 1.807) is 0 Å². The Morgan fingerprint density at radius 2 is 2.23 bits per heavy atom. The molecule has 0 spiro atoms. The van der Waals surface area contributed by atoms with Gasteiger partial charge in [0.1, 0.15) is 0 Å². The van der Waals surface area contributed by atoms with Crippen LogP contribution in [0.3, 0.4) is 0 Å². The zero-order chi connectivity index (χ0) is 9.90. The van der Waals surface area contributed by atoms with Gasteiger partial charge in [0.05, 0.1) is 0 Å². The molecule has 1 aliphatic rings. The van der Waals surface area contributed by atoms with Crippen molar-refractivity contribution in [1.29, 1.82) is 0 Å². The third kappa shape index (κ3) is 2.86. The molecule has 1 aliphatic heterocycles. The molecule has 1 fully saturated rings. The number of nitrogens with two attached hydrogens (primary N) is 1. The first-order valence-electron chi connectivity index (χ1n) is 5.08. The molecule has 13 heavy (non-hydrogen) atoms. The van der Waals surface area contributed by atoms with Gasteiger partial charge >= 0.3 is 0 Å². The molecule has 2 nitrogen and oxygen atoms in total. The van der Waals surface area contributed by atoms with Crippen LogP contribution in [0.25, 0.3) is 0 Å². The number of thioether (sulfide) groups is 1. The predicted molar refractivity (Wildman–Crippen MR) is 61.2 cm³/mol. The van der Waals surface area contributed by atoms with Gasteiger partial charge in [0.25, 0.3) is 0 Å². The van der Waals surface area contributed by atoms with Gasteiger partial charge in [-0.05, 0) is 39.5 Å². The summed E-state index contributed by atoms with van der Waals surface area (Å²) >= 11 is 1.99. The standard InChI is InChI=1S/C10H22N2S/c1-10(2,8-11)12-6-4-5-9(7-12)13-3/h9H,4-8,11H2,1-3H3. The van der Waals surface area contributed by atoms with Crippen molar-refractivity contribution in [3.05, 3.63) is 0 Å². The van der Waals surface area contributed by atoms with Crippen molar-refractivity contribution in [2.75, 3.05) is 25.9 Å². The summed E-state index contributed by atoms with van der Waals surface area (Å²) in [6.45, 7) is 7.69. The highest BCUT2D eigenvalue weighted by molar-refractivity contribution is 7.99. The molecule has 78 valence electrons. The lowest BCUT2D eigenvalue weighted by molar-refractivity contribution is 0.105. The summed E-state index contributed by atoms with van der Waals surface area (Å²) in [6, 6.07) is 0. The van der Waals surface area contributed by atoms with Gasteiger partial charge in [0.2, 0.25) is 0 Å². The van der Waals surface area contributed by atoms with Crippen LogP contribution < -0.4 is 5.73 Å². The second-order valence-electron chi connectivity index (χ2n) is 4.46. The maximum absolute atomic E-state index is 5.78. The van der Waals surface area contributed by atoms with Crippen LogP contribution in [0.4, 0.5) is 0 Å². The molecule has 3 heteroatoms. The van der Waals surface area contributed by atoms with E-state index in [2.05, 4.69) is 25.0 Å². The van der Waals surface area contributed by atoms with Gasteiger partial charge in [0, 0.05) is 23.9 Å². The summed E-state index contributed by atoms with van der Waals surface area (Å²) in [6.07, 6.45) is 4.91. The first kappa shape index (κ1) is 11.3. The van der Waals surface area contributed by atoms with E-state index in [1.165, 1.54) is 25.9 Å². The Labute approximate surface area is 86.2 Å². The maximum Gasteiger partial charge on any atom is 0.0275 e. The Balaban J connectivity index is 2.50. The number of hydrogen-bond acceptors (Lipinski definition) is 3. The summed E-state index contributed by atoms with van der Waals surface area (Å²) in [5.41, 5.74) is 5.96. The Morgan fingerprint density at radius 1 is 1.54 bits per heavy atom. The molecule has 0 amide bonds. The van der Waals surface area contributed by atoms with Gasteiger partial charge in [-0.15, -0.1) is 0 Å². The smallest absolute Gasteiger partial charge is 0.0275 e. The second kappa shape index (κ2) is 4.67. The largest absolute Gasteiger partial charge is 0.329 e. The van der Waals surface area contributed by atoms with E-state index in [9.17, 15) is 0 Å². The van der Waals surface area contributed by atoms with Crippen molar-refractivity contribution in [3.8, 4) is 0 Å². The van der Waals surface area contributed by atoms with Gasteiger partial charge < -0.3 is 5.73 Å². The lowest BCUT2D eigenvalue weighted by Crippen LogP contribution is -2.53. The summed E-state index contributed by atoms with van der Waals surface area (Å²) < 4.78 is 0. The number of nitrogens with zero attached hydrogens (tertiary/aromatic N) is 1. The van der Waals surface area contributed by atoms with Crippen LogP contribution in [0.2, 0.25) is 0 Å². The molecule has 0 aromatic carbocycles. The average molecular weight is 202 g/mol. The van der Waals surface area contributed by atoms with Crippen molar-refractivity contribution in [2.24, 2.45) is 5.73 Å². The second-order valence-corrected chi connectivity index (χ2v) is 5.60. The minimum Gasteiger partial charge on any atom is -0.329 e. The number of rotatable bonds is 3. The van der Waals surface area contributed by atoms with E-state index >= 15 is 0 Å². The molecule has 0 radical (unpaired) electrons. The van der Waals surface area contributed by atoms with Crippen molar-refractivity contribution in [3.63, 3.8) is 0 Å². The Kier molecular flexibility index (Phi) is 4.07. The van der Waals surface area contributed by atoms with Crippen molar-refractivity contribution in [2.45, 2.75) is 37.5 Å². The quantitative estimate of drug-likeness (QED) is 0.753. The summed E-state index contributed by atoms with van der Waals surface area (Å²) in [4.78, 5) is 2.54. The first-order valence-corrected chi connectivity index (χ1v) is 6.37. The summed E-state index contributed by atoms with van der Waals surface area (Å²) in [7, 11) is 0. The molecule has 0 bridgehead atoms. The Bertz CT molecular complexity index is 159. The molecule has 1 atom stereocenters. The number of likely N-dealkylation sites (tertiary alicyclic amines) is 1. The lowest BCUT2D eigenvalue weighted by atomic mass is 9.99. The third-order valence-corrected chi connectivity index (χ3v) is 4.12. The van der Waals surface area contributed by atoms with Crippen LogP contribution >= 0.6 is 11.8 Å². The Morgan fingerprint density at radius 3 is 2.77 bits per heavy atom. The molecule has 0 saturated carbocycles. The number of piperidine rings is 1. The van der Waals surface area contributed by atoms with E-state index in [0.29, 0.717) is 0 Å². The highest BCUT2D eigenvalue weighted by Gasteiger charge is 2.29. The zero-order valence-corrected chi connectivity index (χ0v) is 9.86. The van der Waals surface area contributed by atoms with E-state index < -0.39 is 0 Å². The highest BCUT2D eigenvalue weighted by Crippen LogP contribution is 2.25. The average Bonchev–Trinajstić information content (AvgIpc) is 2.18. The molecular weight excluding hydrogens is 180 g/mol. The Hall–Kier alpha value is 0.270. The fourth-order valence-corrected chi connectivity index (χ4v) is 2.54. The summed E-state index contributed by atoms with van der Waals surface area (Å²) in [5, 5.41) is 0.819. The predicted octanol–water partition coefficient (Wildman–Crippen LogP) is 1.55. The van der Waals surface area contributed by atoms with Crippen LogP contribution in [-0.2, 0) is 0 Å². The van der Waals surface area contributed by atoms with Crippen LogP contribution in [0, 0.1) is 0 Å². The third-order valence-electron chi connectivity index (χ3n) is 3.07. The molecule has 0 aromatic heterocycles. The van der Waals surface area contributed by atoms with Gasteiger partial charge in [-0.2, -0.15) is 11.8 Å². The van der Waals surface area contributed by atoms with Crippen molar-refractivity contribution >= 4 is 11.8 Å². The molecule has 2 N–H and O–H groups in total. The van der Waals surface area contributed by atoms with Crippen molar-refractivity contribution < 1.29 is 0 Å². The molecule has 1 saturated heterocycles. The highest BCUT2D eigenvalue weighted by atomic mass is 32.2. The minimum absolute atomic E-state index is 0.189. The SMILES string of the molecule is CSC1CCCN(C(C)(C)CN)C1. The van der Waals surface area contributed by atoms with Crippen LogP contribution in [0.15, 0.2) is 0 Å². The molecular formula is C10H22N2S. The maximum atomic E-state index is 5.78. The van der Waals surface area contributed by atoms with Crippen LogP contribution in [-0.4, -0.2) is 41.6 Å². The molecule has 1 heterocycles. The molecule has 1 rings (SSSR count). The molecule has 0 aliphatic carbocycles.